The topological polar surface area (TPSA) is 256 Å². The van der Waals surface area contributed by atoms with Crippen molar-refractivity contribution in [3.8, 4) is 5.75 Å². The fourth-order valence-electron chi connectivity index (χ4n) is 6.65. The number of pyridine rings is 1. The zero-order valence-electron chi connectivity index (χ0n) is 33.1. The summed E-state index contributed by atoms with van der Waals surface area (Å²) in [6.45, 7) is 4.92. The number of nitrogens with zero attached hydrogens (tertiary/aromatic N) is 4. The number of nitrogens with two attached hydrogens (primary N) is 1. The highest BCUT2D eigenvalue weighted by Crippen LogP contribution is 2.37. The van der Waals surface area contributed by atoms with E-state index in [1.807, 2.05) is 32.0 Å². The first kappa shape index (κ1) is 48.3. The molecule has 2 aliphatic heterocycles. The molecule has 3 aromatic carbocycles. The minimum atomic E-state index is -4.18. The van der Waals surface area contributed by atoms with E-state index in [0.29, 0.717) is 73.7 Å². The van der Waals surface area contributed by atoms with Crippen molar-refractivity contribution in [1.82, 2.24) is 19.5 Å². The van der Waals surface area contributed by atoms with Crippen molar-refractivity contribution in [3.05, 3.63) is 98.7 Å². The molecule has 22 heteroatoms. The molecule has 0 spiro atoms. The summed E-state index contributed by atoms with van der Waals surface area (Å²) in [6, 6.07) is 16.4. The molecule has 2 aliphatic rings. The van der Waals surface area contributed by atoms with Gasteiger partial charge in [-0.2, -0.15) is 26.2 Å². The number of hydrazone groups is 1. The molecule has 4 aromatic rings. The summed E-state index contributed by atoms with van der Waals surface area (Å²) in [5.41, 5.74) is 4.26. The Hall–Kier alpha value is -4.41. The molecule has 2 fully saturated rings. The maximum Gasteiger partial charge on any atom is 0.261 e. The molecule has 2 saturated heterocycles. The number of benzene rings is 3. The zero-order chi connectivity index (χ0) is 44.6. The third-order valence-corrected chi connectivity index (χ3v) is 12.1. The van der Waals surface area contributed by atoms with Crippen LogP contribution in [0.15, 0.2) is 70.7 Å². The molecule has 0 radical (unpaired) electrons. The third kappa shape index (κ3) is 13.5. The molecule has 6 rings (SSSR count). The van der Waals surface area contributed by atoms with Gasteiger partial charge in [0.2, 0.25) is 15.9 Å². The molecule has 60 heavy (non-hydrogen) atoms. The number of carbonyl (C=O) groups is 2. The quantitative estimate of drug-likeness (QED) is 0.0775. The van der Waals surface area contributed by atoms with Gasteiger partial charge in [0.25, 0.3) is 26.1 Å². The summed E-state index contributed by atoms with van der Waals surface area (Å²) in [5.74, 6) is 5.26. The lowest BCUT2D eigenvalue weighted by atomic mass is 10.0. The third-order valence-electron chi connectivity index (χ3n) is 9.26. The summed E-state index contributed by atoms with van der Waals surface area (Å²) in [6.07, 6.45) is 4.93. The van der Waals surface area contributed by atoms with Gasteiger partial charge in [-0.15, -0.1) is 0 Å². The first-order valence-electron chi connectivity index (χ1n) is 18.2. The number of aryl methyl sites for hydroxylation is 2. The van der Waals surface area contributed by atoms with Crippen LogP contribution in [0.1, 0.15) is 58.4 Å². The Kier molecular flexibility index (Phi) is 16.4. The van der Waals surface area contributed by atoms with E-state index in [-0.39, 0.29) is 45.9 Å². The van der Waals surface area contributed by atoms with Crippen LogP contribution in [0.4, 0.5) is 0 Å². The largest absolute Gasteiger partial charge is 0.487 e. The summed E-state index contributed by atoms with van der Waals surface area (Å²) in [5, 5.41) is 7.69. The van der Waals surface area contributed by atoms with Gasteiger partial charge < -0.3 is 20.8 Å². The number of nitrogens with one attached hydrogen (secondary N) is 1. The van der Waals surface area contributed by atoms with Crippen molar-refractivity contribution in [1.29, 1.82) is 0 Å². The average Bonchev–Trinajstić information content (AvgIpc) is 3.66. The molecule has 1 aromatic heterocycles. The van der Waals surface area contributed by atoms with Crippen LogP contribution in [0.2, 0.25) is 10.0 Å². The highest BCUT2D eigenvalue weighted by molar-refractivity contribution is 7.89. The minimum Gasteiger partial charge on any atom is -0.487 e. The SMILES string of the molecule is CS(=O)(=O)O.CS(=O)(=O)O.Cc1cc(C)c2cccc(OCc3c(Cl)ccc(S(=O)(=O)N4CCC[C@H]4C(=O)NC4CCN(C(=O)c5ccc(C=NN)cc5)CC4)c3Cl)c2n1. The van der Waals surface area contributed by atoms with Crippen LogP contribution in [0.3, 0.4) is 0 Å². The first-order valence-corrected chi connectivity index (χ1v) is 24.1. The number of hydrogen-bond acceptors (Lipinski definition) is 12. The summed E-state index contributed by atoms with van der Waals surface area (Å²) in [7, 11) is -11.5. The number of rotatable bonds is 9. The predicted octanol–water partition coefficient (Wildman–Crippen LogP) is 4.61. The lowest BCUT2D eigenvalue weighted by Gasteiger charge is -2.33. The number of sulfonamides is 1. The number of aromatic nitrogens is 1. The zero-order valence-corrected chi connectivity index (χ0v) is 37.0. The Labute approximate surface area is 359 Å². The van der Waals surface area contributed by atoms with E-state index in [9.17, 15) is 34.8 Å². The van der Waals surface area contributed by atoms with E-state index in [0.717, 1.165) is 22.2 Å². The first-order chi connectivity index (χ1) is 28.0. The van der Waals surface area contributed by atoms with E-state index >= 15 is 0 Å². The average molecular weight is 930 g/mol. The molecule has 3 heterocycles. The normalized spacial score (nSPS) is 16.5. The molecule has 0 saturated carbocycles. The Bertz CT molecular complexity index is 2520. The molecule has 5 N–H and O–H groups in total. The maximum atomic E-state index is 14.1. The maximum absolute atomic E-state index is 14.1. The van der Waals surface area contributed by atoms with Gasteiger partial charge >= 0.3 is 0 Å². The van der Waals surface area contributed by atoms with Gasteiger partial charge in [-0.25, -0.2) is 13.4 Å². The number of carbonyl (C=O) groups excluding carboxylic acids is 2. The van der Waals surface area contributed by atoms with Gasteiger partial charge in [0.1, 0.15) is 28.8 Å². The Morgan fingerprint density at radius 2 is 1.55 bits per heavy atom. The van der Waals surface area contributed by atoms with E-state index in [1.165, 1.54) is 22.7 Å². The van der Waals surface area contributed by atoms with E-state index in [2.05, 4.69) is 15.4 Å². The summed E-state index contributed by atoms with van der Waals surface area (Å²) in [4.78, 5) is 32.8. The molecule has 17 nitrogen and oxygen atoms in total. The van der Waals surface area contributed by atoms with Crippen LogP contribution in [-0.4, -0.2) is 111 Å². The predicted molar refractivity (Wildman–Crippen MR) is 229 cm³/mol. The molecule has 0 aliphatic carbocycles. The molecular weight excluding hydrogens is 884 g/mol. The fourth-order valence-corrected chi connectivity index (χ4v) is 9.17. The highest BCUT2D eigenvalue weighted by atomic mass is 35.5. The molecular formula is C38H46Cl2N6O11S3. The number of piperidine rings is 1. The van der Waals surface area contributed by atoms with Crippen molar-refractivity contribution in [3.63, 3.8) is 0 Å². The molecule has 0 bridgehead atoms. The van der Waals surface area contributed by atoms with Crippen molar-refractivity contribution >= 4 is 82.4 Å². The van der Waals surface area contributed by atoms with Crippen LogP contribution in [0, 0.1) is 13.8 Å². The van der Waals surface area contributed by atoms with Gasteiger partial charge in [0.15, 0.2) is 0 Å². The number of para-hydroxylation sites is 1. The monoisotopic (exact) mass is 928 g/mol. The van der Waals surface area contributed by atoms with Crippen LogP contribution < -0.4 is 15.9 Å². The van der Waals surface area contributed by atoms with Gasteiger partial charge in [-0.3, -0.25) is 18.7 Å². The Morgan fingerprint density at radius 1 is 0.933 bits per heavy atom. The number of halogens is 2. The minimum absolute atomic E-state index is 0.0525. The Balaban J connectivity index is 0.000000711. The smallest absolute Gasteiger partial charge is 0.261 e. The Morgan fingerprint density at radius 3 is 2.15 bits per heavy atom. The molecule has 2 amide bonds. The van der Waals surface area contributed by atoms with Gasteiger partial charge in [0.05, 0.1) is 23.7 Å². The van der Waals surface area contributed by atoms with Gasteiger partial charge in [-0.05, 0) is 87.1 Å². The van der Waals surface area contributed by atoms with Crippen LogP contribution >= 0.6 is 23.2 Å². The van der Waals surface area contributed by atoms with E-state index in [4.69, 9.17) is 42.9 Å². The van der Waals surface area contributed by atoms with Crippen LogP contribution in [0.25, 0.3) is 10.9 Å². The number of amides is 2. The summed E-state index contributed by atoms with van der Waals surface area (Å²) < 4.78 is 87.2. The van der Waals surface area contributed by atoms with Crippen molar-refractivity contribution in [2.24, 2.45) is 10.9 Å². The second-order valence-corrected chi connectivity index (χ2v) is 19.7. The molecule has 326 valence electrons. The number of fused-ring (bicyclic) bond motifs is 1. The highest BCUT2D eigenvalue weighted by Gasteiger charge is 2.41. The fraction of sp³-hybridized carbons (Fsp3) is 0.368. The lowest BCUT2D eigenvalue weighted by Crippen LogP contribution is -2.52. The second-order valence-electron chi connectivity index (χ2n) is 14.1. The van der Waals surface area contributed by atoms with Crippen molar-refractivity contribution < 1.29 is 48.7 Å². The van der Waals surface area contributed by atoms with Crippen LogP contribution in [-0.2, 0) is 41.7 Å². The lowest BCUT2D eigenvalue weighted by molar-refractivity contribution is -0.125. The molecule has 1 atom stereocenters. The standard InChI is InChI=1S/C36H38Cl2N6O5S.2CH4O3S/c1-22-19-23(2)41-34-27(22)5-3-7-31(34)49-21-28-29(37)12-13-32(33(28)38)50(47,48)44-16-4-6-30(44)35(45)42-26-14-17-43(18-15-26)36(46)25-10-8-24(9-11-25)20-40-39;2*1-5(2,3)4/h3,5,7-13,19-20,26,30H,4,6,14-18,21,39H2,1-2H3,(H,42,45);2*1H3,(H,2,3,4)/t30-;;/m0../s1. The number of ether oxygens (including phenoxy) is 1. The number of hydrogen-bond donors (Lipinski definition) is 4. The molecule has 0 unspecified atom stereocenters. The second kappa shape index (κ2) is 20.4. The van der Waals surface area contributed by atoms with Gasteiger partial charge in [-0.1, -0.05) is 47.5 Å². The van der Waals surface area contributed by atoms with Gasteiger partial charge in [0, 0.05) is 52.9 Å². The number of likely N-dealkylation sites (tertiary alicyclic amines) is 1. The van der Waals surface area contributed by atoms with Crippen molar-refractivity contribution in [2.75, 3.05) is 32.1 Å². The van der Waals surface area contributed by atoms with E-state index in [1.54, 1.807) is 35.2 Å². The van der Waals surface area contributed by atoms with E-state index < -0.39 is 36.3 Å². The van der Waals surface area contributed by atoms with Crippen LogP contribution in [0.5, 0.6) is 5.75 Å². The van der Waals surface area contributed by atoms with Crippen molar-refractivity contribution in [2.45, 2.75) is 63.1 Å². The summed E-state index contributed by atoms with van der Waals surface area (Å²) >= 11 is 13.3.